The minimum atomic E-state index is -0.0830. The van der Waals surface area contributed by atoms with Crippen LogP contribution < -0.4 is 5.32 Å². The molecule has 3 rings (SSSR count). The fraction of sp³-hybridized carbons (Fsp3) is 0.429. The number of nitrogens with one attached hydrogen (secondary N) is 1. The SMILES string of the molecule is Cc1cc(NC(=O)c2csc3c2CC[C@@H](C)C3)no1. The van der Waals surface area contributed by atoms with Crippen LogP contribution in [0.3, 0.4) is 0 Å². The molecule has 4 nitrogen and oxygen atoms in total. The molecule has 0 bridgehead atoms. The van der Waals surface area contributed by atoms with E-state index >= 15 is 0 Å². The van der Waals surface area contributed by atoms with Crippen molar-refractivity contribution in [2.24, 2.45) is 5.92 Å². The average Bonchev–Trinajstić information content (AvgIpc) is 2.95. The van der Waals surface area contributed by atoms with Crippen molar-refractivity contribution in [2.45, 2.75) is 33.1 Å². The summed E-state index contributed by atoms with van der Waals surface area (Å²) in [7, 11) is 0. The molecule has 0 saturated carbocycles. The fourth-order valence-corrected chi connectivity index (χ4v) is 3.72. The van der Waals surface area contributed by atoms with Crippen molar-refractivity contribution in [3.63, 3.8) is 0 Å². The number of carbonyl (C=O) groups is 1. The van der Waals surface area contributed by atoms with Gasteiger partial charge in [0.1, 0.15) is 5.76 Å². The Labute approximate surface area is 115 Å². The first-order chi connectivity index (χ1) is 9.13. The van der Waals surface area contributed by atoms with Gasteiger partial charge in [-0.15, -0.1) is 11.3 Å². The maximum absolute atomic E-state index is 12.3. The Bertz CT molecular complexity index is 615. The average molecular weight is 276 g/mol. The number of thiophene rings is 1. The van der Waals surface area contributed by atoms with Gasteiger partial charge in [-0.25, -0.2) is 0 Å². The molecule has 1 atom stereocenters. The van der Waals surface area contributed by atoms with Gasteiger partial charge in [-0.3, -0.25) is 4.79 Å². The van der Waals surface area contributed by atoms with Gasteiger partial charge in [-0.1, -0.05) is 12.1 Å². The molecule has 1 N–H and O–H groups in total. The number of carbonyl (C=O) groups excluding carboxylic acids is 1. The van der Waals surface area contributed by atoms with Gasteiger partial charge in [0.05, 0.1) is 5.56 Å². The molecule has 2 aromatic heterocycles. The predicted molar refractivity (Wildman–Crippen MR) is 74.7 cm³/mol. The summed E-state index contributed by atoms with van der Waals surface area (Å²) in [5.74, 6) is 1.81. The van der Waals surface area contributed by atoms with Gasteiger partial charge in [0, 0.05) is 16.3 Å². The number of aryl methyl sites for hydroxylation is 1. The Morgan fingerprint density at radius 1 is 1.58 bits per heavy atom. The van der Waals surface area contributed by atoms with Crippen LogP contribution in [0.2, 0.25) is 0 Å². The fourth-order valence-electron chi connectivity index (χ4n) is 2.48. The molecule has 0 unspecified atom stereocenters. The minimum absolute atomic E-state index is 0.0830. The highest BCUT2D eigenvalue weighted by atomic mass is 32.1. The third-order valence-electron chi connectivity index (χ3n) is 3.52. The number of hydrogen-bond acceptors (Lipinski definition) is 4. The Morgan fingerprint density at radius 2 is 2.42 bits per heavy atom. The third kappa shape index (κ3) is 2.42. The number of nitrogens with zero attached hydrogens (tertiary/aromatic N) is 1. The molecule has 1 aliphatic carbocycles. The predicted octanol–water partition coefficient (Wildman–Crippen LogP) is 3.42. The highest BCUT2D eigenvalue weighted by Crippen LogP contribution is 2.33. The molecule has 0 saturated heterocycles. The summed E-state index contributed by atoms with van der Waals surface area (Å²) in [5.41, 5.74) is 2.02. The molecule has 1 amide bonds. The van der Waals surface area contributed by atoms with Crippen molar-refractivity contribution in [3.05, 3.63) is 33.2 Å². The summed E-state index contributed by atoms with van der Waals surface area (Å²) < 4.78 is 4.95. The second-order valence-corrected chi connectivity index (χ2v) is 6.14. The van der Waals surface area contributed by atoms with Crippen LogP contribution in [0.5, 0.6) is 0 Å². The van der Waals surface area contributed by atoms with Gasteiger partial charge in [0.25, 0.3) is 5.91 Å². The van der Waals surface area contributed by atoms with Crippen LogP contribution in [0.4, 0.5) is 5.82 Å². The molecule has 0 aliphatic heterocycles. The summed E-state index contributed by atoms with van der Waals surface area (Å²) in [6.45, 7) is 4.07. The van der Waals surface area contributed by atoms with Gasteiger partial charge < -0.3 is 9.84 Å². The van der Waals surface area contributed by atoms with Gasteiger partial charge in [0.2, 0.25) is 0 Å². The normalized spacial score (nSPS) is 18.1. The first-order valence-corrected chi connectivity index (χ1v) is 7.35. The van der Waals surface area contributed by atoms with E-state index in [1.807, 2.05) is 5.38 Å². The number of fused-ring (bicyclic) bond motifs is 1. The van der Waals surface area contributed by atoms with Crippen LogP contribution in [-0.4, -0.2) is 11.1 Å². The lowest BCUT2D eigenvalue weighted by Gasteiger charge is -2.18. The molecule has 100 valence electrons. The minimum Gasteiger partial charge on any atom is -0.360 e. The van der Waals surface area contributed by atoms with Crippen molar-refractivity contribution in [2.75, 3.05) is 5.32 Å². The number of hydrogen-bond donors (Lipinski definition) is 1. The second-order valence-electron chi connectivity index (χ2n) is 5.18. The summed E-state index contributed by atoms with van der Waals surface area (Å²) in [4.78, 5) is 13.6. The van der Waals surface area contributed by atoms with Crippen molar-refractivity contribution >= 4 is 23.1 Å². The number of amides is 1. The molecular weight excluding hydrogens is 260 g/mol. The molecule has 0 spiro atoms. The van der Waals surface area contributed by atoms with Crippen LogP contribution >= 0.6 is 11.3 Å². The van der Waals surface area contributed by atoms with Crippen LogP contribution in [0.15, 0.2) is 16.0 Å². The van der Waals surface area contributed by atoms with E-state index in [2.05, 4.69) is 17.4 Å². The smallest absolute Gasteiger partial charge is 0.258 e. The third-order valence-corrected chi connectivity index (χ3v) is 4.57. The van der Waals surface area contributed by atoms with E-state index in [4.69, 9.17) is 4.52 Å². The van der Waals surface area contributed by atoms with Crippen molar-refractivity contribution < 1.29 is 9.32 Å². The standard InChI is InChI=1S/C14H16N2O2S/c1-8-3-4-10-11(7-19-12(10)5-8)14(17)15-13-6-9(2)18-16-13/h6-8H,3-5H2,1-2H3,(H,15,16,17)/t8-/m1/s1. The number of anilines is 1. The monoisotopic (exact) mass is 276 g/mol. The molecule has 0 radical (unpaired) electrons. The molecule has 19 heavy (non-hydrogen) atoms. The number of aromatic nitrogens is 1. The summed E-state index contributed by atoms with van der Waals surface area (Å²) >= 11 is 1.70. The van der Waals surface area contributed by atoms with Crippen molar-refractivity contribution in [1.29, 1.82) is 0 Å². The molecule has 2 aromatic rings. The quantitative estimate of drug-likeness (QED) is 0.914. The first-order valence-electron chi connectivity index (χ1n) is 6.47. The van der Waals surface area contributed by atoms with E-state index in [1.165, 1.54) is 10.4 Å². The molecular formula is C14H16N2O2S. The summed E-state index contributed by atoms with van der Waals surface area (Å²) in [6.07, 6.45) is 3.25. The topological polar surface area (TPSA) is 55.1 Å². The molecule has 0 aromatic carbocycles. The lowest BCUT2D eigenvalue weighted by molar-refractivity contribution is 0.102. The highest BCUT2D eigenvalue weighted by Gasteiger charge is 2.23. The number of rotatable bonds is 2. The van der Waals surface area contributed by atoms with Gasteiger partial charge in [-0.2, -0.15) is 0 Å². The zero-order valence-electron chi connectivity index (χ0n) is 11.0. The van der Waals surface area contributed by atoms with E-state index in [1.54, 1.807) is 24.3 Å². The Hall–Kier alpha value is -1.62. The largest absolute Gasteiger partial charge is 0.360 e. The Balaban J connectivity index is 1.81. The van der Waals surface area contributed by atoms with Crippen LogP contribution in [-0.2, 0) is 12.8 Å². The van der Waals surface area contributed by atoms with E-state index in [-0.39, 0.29) is 5.91 Å². The van der Waals surface area contributed by atoms with E-state index in [0.29, 0.717) is 11.6 Å². The first kappa shape index (κ1) is 12.4. The molecule has 5 heteroatoms. The van der Waals surface area contributed by atoms with Crippen LogP contribution in [0.1, 0.15) is 39.9 Å². The van der Waals surface area contributed by atoms with Gasteiger partial charge in [-0.05, 0) is 37.7 Å². The van der Waals surface area contributed by atoms with Crippen molar-refractivity contribution in [1.82, 2.24) is 5.16 Å². The van der Waals surface area contributed by atoms with E-state index in [9.17, 15) is 4.79 Å². The zero-order valence-corrected chi connectivity index (χ0v) is 11.8. The maximum Gasteiger partial charge on any atom is 0.258 e. The Kier molecular flexibility index (Phi) is 3.14. The summed E-state index contributed by atoms with van der Waals surface area (Å²) in [5, 5.41) is 8.54. The lowest BCUT2D eigenvalue weighted by Crippen LogP contribution is -2.16. The highest BCUT2D eigenvalue weighted by molar-refractivity contribution is 7.10. The molecule has 1 aliphatic rings. The maximum atomic E-state index is 12.3. The second kappa shape index (κ2) is 4.81. The van der Waals surface area contributed by atoms with Crippen molar-refractivity contribution in [3.8, 4) is 0 Å². The van der Waals surface area contributed by atoms with Gasteiger partial charge >= 0.3 is 0 Å². The summed E-state index contributed by atoms with van der Waals surface area (Å²) in [6, 6.07) is 1.72. The van der Waals surface area contributed by atoms with Gasteiger partial charge in [0.15, 0.2) is 5.82 Å². The lowest BCUT2D eigenvalue weighted by atomic mass is 9.88. The van der Waals surface area contributed by atoms with E-state index < -0.39 is 0 Å². The van der Waals surface area contributed by atoms with E-state index in [0.717, 1.165) is 30.7 Å². The van der Waals surface area contributed by atoms with Crippen LogP contribution in [0.25, 0.3) is 0 Å². The van der Waals surface area contributed by atoms with Crippen LogP contribution in [0, 0.1) is 12.8 Å². The Morgan fingerprint density at radius 3 is 3.16 bits per heavy atom. The molecule has 0 fully saturated rings. The zero-order chi connectivity index (χ0) is 13.4. The molecule has 2 heterocycles.